The molecule has 0 aromatic heterocycles. The van der Waals surface area contributed by atoms with Crippen LogP contribution in [-0.2, 0) is 0 Å². The lowest BCUT2D eigenvalue weighted by atomic mass is 10.5. The van der Waals surface area contributed by atoms with Crippen molar-refractivity contribution in [2.75, 3.05) is 6.54 Å². The second-order valence-electron chi connectivity index (χ2n) is 3.33. The van der Waals surface area contributed by atoms with E-state index in [1.165, 1.54) is 0 Å². The Morgan fingerprint density at radius 2 is 1.93 bits per heavy atom. The maximum Gasteiger partial charge on any atom is 0.406 e. The summed E-state index contributed by atoms with van der Waals surface area (Å²) < 4.78 is 36.4. The minimum Gasteiger partial charge on any atom is -0.370 e. The standard InChI is InChI=1S/C7H12F3N5/c8-7(9,10)3-15(4-1-2-4)6(13)14-5(11)12/h4H,1-3H2,(H5,11,12,13,14). The number of guanidine groups is 2. The van der Waals surface area contributed by atoms with Crippen molar-refractivity contribution in [3.05, 3.63) is 0 Å². The zero-order valence-electron chi connectivity index (χ0n) is 7.88. The number of nitrogens with one attached hydrogen (secondary N) is 1. The fraction of sp³-hybridized carbons (Fsp3) is 0.714. The van der Waals surface area contributed by atoms with E-state index in [2.05, 4.69) is 4.99 Å². The van der Waals surface area contributed by atoms with Crippen LogP contribution in [0.2, 0.25) is 0 Å². The van der Waals surface area contributed by atoms with Crippen LogP contribution in [0.15, 0.2) is 4.99 Å². The smallest absolute Gasteiger partial charge is 0.370 e. The van der Waals surface area contributed by atoms with Crippen molar-refractivity contribution in [1.82, 2.24) is 4.90 Å². The Balaban J connectivity index is 2.66. The highest BCUT2D eigenvalue weighted by Crippen LogP contribution is 2.30. The lowest BCUT2D eigenvalue weighted by Crippen LogP contribution is -2.40. The fourth-order valence-electron chi connectivity index (χ4n) is 1.14. The van der Waals surface area contributed by atoms with Crippen LogP contribution in [0.4, 0.5) is 13.2 Å². The third kappa shape index (κ3) is 4.05. The SMILES string of the molecule is N=C(N=C(N)N)N(CC(F)(F)F)C1CC1. The quantitative estimate of drug-likeness (QED) is 0.462. The predicted molar refractivity (Wildman–Crippen MR) is 49.3 cm³/mol. The molecule has 0 aromatic rings. The van der Waals surface area contributed by atoms with E-state index in [9.17, 15) is 13.2 Å². The van der Waals surface area contributed by atoms with E-state index >= 15 is 0 Å². The normalized spacial score (nSPS) is 15.9. The number of nitrogens with zero attached hydrogens (tertiary/aromatic N) is 2. The predicted octanol–water partition coefficient (Wildman–Crippen LogP) is 0.221. The summed E-state index contributed by atoms with van der Waals surface area (Å²) in [7, 11) is 0. The molecule has 0 atom stereocenters. The first-order valence-electron chi connectivity index (χ1n) is 4.31. The summed E-state index contributed by atoms with van der Waals surface area (Å²) in [5.74, 6) is -0.942. The average molecular weight is 223 g/mol. The lowest BCUT2D eigenvalue weighted by Gasteiger charge is -2.23. The molecule has 0 aromatic carbocycles. The average Bonchev–Trinajstić information content (AvgIpc) is 2.78. The maximum absolute atomic E-state index is 12.1. The minimum atomic E-state index is -4.35. The van der Waals surface area contributed by atoms with E-state index in [1.807, 2.05) is 0 Å². The zero-order valence-corrected chi connectivity index (χ0v) is 7.88. The Kier molecular flexibility index (Phi) is 3.06. The molecule has 0 spiro atoms. The zero-order chi connectivity index (χ0) is 11.6. The van der Waals surface area contributed by atoms with Crippen molar-refractivity contribution in [2.45, 2.75) is 25.1 Å². The summed E-state index contributed by atoms with van der Waals surface area (Å²) in [4.78, 5) is 4.17. The Hall–Kier alpha value is -1.47. The summed E-state index contributed by atoms with van der Waals surface area (Å²) in [6.45, 7) is -1.19. The highest BCUT2D eigenvalue weighted by Gasteiger charge is 2.39. The largest absolute Gasteiger partial charge is 0.406 e. The van der Waals surface area contributed by atoms with Crippen LogP contribution >= 0.6 is 0 Å². The van der Waals surface area contributed by atoms with Gasteiger partial charge >= 0.3 is 6.18 Å². The minimum absolute atomic E-state index is 0.262. The molecule has 1 saturated carbocycles. The Bertz CT molecular complexity index is 277. The summed E-state index contributed by atoms with van der Waals surface area (Å²) in [5.41, 5.74) is 9.99. The van der Waals surface area contributed by atoms with Gasteiger partial charge in [-0.25, -0.2) is 0 Å². The monoisotopic (exact) mass is 223 g/mol. The summed E-state index contributed by atoms with van der Waals surface area (Å²) in [5, 5.41) is 7.31. The molecule has 1 fully saturated rings. The molecule has 1 aliphatic rings. The van der Waals surface area contributed by atoms with Gasteiger partial charge in [-0.05, 0) is 12.8 Å². The molecule has 8 heteroatoms. The van der Waals surface area contributed by atoms with E-state index < -0.39 is 24.6 Å². The van der Waals surface area contributed by atoms with Gasteiger partial charge in [0.25, 0.3) is 0 Å². The molecule has 0 bridgehead atoms. The van der Waals surface area contributed by atoms with E-state index in [0.29, 0.717) is 12.8 Å². The topological polar surface area (TPSA) is 91.5 Å². The number of hydrogen-bond acceptors (Lipinski definition) is 1. The Morgan fingerprint density at radius 1 is 1.40 bits per heavy atom. The van der Waals surface area contributed by atoms with Crippen molar-refractivity contribution >= 4 is 11.9 Å². The van der Waals surface area contributed by atoms with Crippen LogP contribution in [0.5, 0.6) is 0 Å². The molecule has 0 heterocycles. The van der Waals surface area contributed by atoms with Crippen LogP contribution in [0.3, 0.4) is 0 Å². The van der Waals surface area contributed by atoms with Gasteiger partial charge in [-0.15, -0.1) is 0 Å². The molecule has 5 N–H and O–H groups in total. The second-order valence-corrected chi connectivity index (χ2v) is 3.33. The molecule has 15 heavy (non-hydrogen) atoms. The van der Waals surface area contributed by atoms with Gasteiger partial charge in [-0.1, -0.05) is 0 Å². The van der Waals surface area contributed by atoms with Crippen LogP contribution in [0.1, 0.15) is 12.8 Å². The van der Waals surface area contributed by atoms with Crippen molar-refractivity contribution in [1.29, 1.82) is 5.41 Å². The Morgan fingerprint density at radius 3 is 2.27 bits per heavy atom. The molecule has 0 unspecified atom stereocenters. The molecule has 1 rings (SSSR count). The second kappa shape index (κ2) is 3.95. The van der Waals surface area contributed by atoms with Crippen LogP contribution in [0, 0.1) is 5.41 Å². The first-order valence-corrected chi connectivity index (χ1v) is 4.31. The number of hydrogen-bond donors (Lipinski definition) is 3. The molecular formula is C7H12F3N5. The number of halogens is 3. The highest BCUT2D eigenvalue weighted by atomic mass is 19.4. The summed E-state index contributed by atoms with van der Waals surface area (Å²) in [6, 6.07) is -0.262. The van der Waals surface area contributed by atoms with Crippen LogP contribution in [0.25, 0.3) is 0 Å². The number of rotatable bonds is 2. The van der Waals surface area contributed by atoms with Crippen molar-refractivity contribution < 1.29 is 13.2 Å². The molecule has 0 radical (unpaired) electrons. The van der Waals surface area contributed by atoms with Gasteiger partial charge in [0.2, 0.25) is 5.96 Å². The first kappa shape index (κ1) is 11.6. The number of alkyl halides is 3. The van der Waals surface area contributed by atoms with Crippen LogP contribution < -0.4 is 11.5 Å². The van der Waals surface area contributed by atoms with Crippen molar-refractivity contribution in [2.24, 2.45) is 16.5 Å². The molecule has 5 nitrogen and oxygen atoms in total. The van der Waals surface area contributed by atoms with Gasteiger partial charge in [-0.3, -0.25) is 5.41 Å². The number of aliphatic imine (C=N–C) groups is 1. The summed E-state index contributed by atoms with van der Waals surface area (Å²) in [6.07, 6.45) is -3.08. The summed E-state index contributed by atoms with van der Waals surface area (Å²) >= 11 is 0. The molecule has 0 saturated heterocycles. The molecule has 86 valence electrons. The highest BCUT2D eigenvalue weighted by molar-refractivity contribution is 5.92. The van der Waals surface area contributed by atoms with Gasteiger partial charge in [0.15, 0.2) is 5.96 Å². The van der Waals surface area contributed by atoms with E-state index in [0.717, 1.165) is 4.90 Å². The third-order valence-electron chi connectivity index (χ3n) is 1.84. The maximum atomic E-state index is 12.1. The van der Waals surface area contributed by atoms with Gasteiger partial charge in [-0.2, -0.15) is 18.2 Å². The van der Waals surface area contributed by atoms with Gasteiger partial charge in [0.05, 0.1) is 0 Å². The van der Waals surface area contributed by atoms with Gasteiger partial charge in [0.1, 0.15) is 6.54 Å². The van der Waals surface area contributed by atoms with E-state index in [1.54, 1.807) is 0 Å². The van der Waals surface area contributed by atoms with Crippen LogP contribution in [-0.4, -0.2) is 35.6 Å². The van der Waals surface area contributed by atoms with Crippen molar-refractivity contribution in [3.63, 3.8) is 0 Å². The van der Waals surface area contributed by atoms with Gasteiger partial charge in [0, 0.05) is 6.04 Å². The molecule has 0 amide bonds. The first-order chi connectivity index (χ1) is 6.79. The molecular weight excluding hydrogens is 211 g/mol. The Labute approximate surface area is 84.4 Å². The van der Waals surface area contributed by atoms with Crippen molar-refractivity contribution in [3.8, 4) is 0 Å². The molecule has 0 aliphatic heterocycles. The third-order valence-corrected chi connectivity index (χ3v) is 1.84. The van der Waals surface area contributed by atoms with E-state index in [-0.39, 0.29) is 6.04 Å². The lowest BCUT2D eigenvalue weighted by molar-refractivity contribution is -0.138. The molecule has 1 aliphatic carbocycles. The van der Waals surface area contributed by atoms with Gasteiger partial charge < -0.3 is 16.4 Å². The fourth-order valence-corrected chi connectivity index (χ4v) is 1.14. The number of nitrogens with two attached hydrogens (primary N) is 2. The van der Waals surface area contributed by atoms with E-state index in [4.69, 9.17) is 16.9 Å².